The summed E-state index contributed by atoms with van der Waals surface area (Å²) in [6.07, 6.45) is 2.47. The summed E-state index contributed by atoms with van der Waals surface area (Å²) in [5, 5.41) is 12.0. The van der Waals surface area contributed by atoms with E-state index in [4.69, 9.17) is 17.7 Å². The number of nitrogens with one attached hydrogen (secondary N) is 1. The molecule has 5 rings (SSSR count). The number of rotatable bonds is 6. The molecular formula is C22H21ClN6O3S. The summed E-state index contributed by atoms with van der Waals surface area (Å²) >= 11 is 7.02. The fraction of sp³-hybridized carbons (Fsp3) is 0.318. The van der Waals surface area contributed by atoms with Crippen LogP contribution in [0.5, 0.6) is 5.19 Å². The summed E-state index contributed by atoms with van der Waals surface area (Å²) in [5.41, 5.74) is 1.30. The van der Waals surface area contributed by atoms with E-state index in [1.807, 2.05) is 17.0 Å². The molecule has 0 bridgehead atoms. The van der Waals surface area contributed by atoms with Crippen molar-refractivity contribution >= 4 is 45.7 Å². The van der Waals surface area contributed by atoms with Gasteiger partial charge in [0, 0.05) is 43.3 Å². The van der Waals surface area contributed by atoms with Gasteiger partial charge < -0.3 is 14.5 Å². The van der Waals surface area contributed by atoms with E-state index in [9.17, 15) is 9.59 Å². The molecule has 0 aliphatic carbocycles. The van der Waals surface area contributed by atoms with Crippen LogP contribution in [0.2, 0.25) is 5.02 Å². The molecule has 2 aliphatic rings. The van der Waals surface area contributed by atoms with E-state index in [1.54, 1.807) is 35.4 Å². The minimum Gasteiger partial charge on any atom is -0.464 e. The molecule has 9 nitrogen and oxygen atoms in total. The molecule has 33 heavy (non-hydrogen) atoms. The van der Waals surface area contributed by atoms with Gasteiger partial charge in [-0.05, 0) is 47.6 Å². The average molecular weight is 486 g/mol. The van der Waals surface area contributed by atoms with Gasteiger partial charge in [-0.2, -0.15) is 0 Å². The van der Waals surface area contributed by atoms with Gasteiger partial charge in [0.2, 0.25) is 11.0 Å². The van der Waals surface area contributed by atoms with Crippen LogP contribution < -0.4 is 15.0 Å². The number of hydrogen-bond donors (Lipinski definition) is 1. The van der Waals surface area contributed by atoms with Crippen molar-refractivity contribution in [2.24, 2.45) is 0 Å². The standard InChI is InChI=1S/C22H21ClN6O3S/c23-15-5-3-14(4-6-15)13-32-22-27-26-21(33-22)25-20(31)17-2-1-9-24-19(17)28-10-11-29-16(12-28)7-8-18(29)30/h1-6,9,16H,7-8,10-13H2,(H,25,26,31)/i16D. The van der Waals surface area contributed by atoms with Crippen LogP contribution in [0.25, 0.3) is 0 Å². The number of pyridine rings is 1. The van der Waals surface area contributed by atoms with Crippen molar-refractivity contribution in [3.63, 3.8) is 0 Å². The van der Waals surface area contributed by atoms with Crippen LogP contribution in [0, 0.1) is 0 Å². The number of piperazine rings is 1. The number of benzene rings is 1. The normalized spacial score (nSPS) is 20.4. The van der Waals surface area contributed by atoms with Crippen LogP contribution in [0.15, 0.2) is 42.6 Å². The van der Waals surface area contributed by atoms with Gasteiger partial charge in [0.15, 0.2) is 0 Å². The summed E-state index contributed by atoms with van der Waals surface area (Å²) < 4.78 is 14.4. The lowest BCUT2D eigenvalue weighted by atomic mass is 10.1. The van der Waals surface area contributed by atoms with Crippen molar-refractivity contribution in [2.45, 2.75) is 25.5 Å². The van der Waals surface area contributed by atoms with Gasteiger partial charge in [-0.15, -0.1) is 5.10 Å². The zero-order valence-corrected chi connectivity index (χ0v) is 19.1. The second kappa shape index (κ2) is 9.32. The fourth-order valence-electron chi connectivity index (χ4n) is 3.88. The van der Waals surface area contributed by atoms with Crippen LogP contribution in [-0.2, 0) is 11.4 Å². The molecule has 1 aromatic carbocycles. The van der Waals surface area contributed by atoms with E-state index in [0.717, 1.165) is 16.9 Å². The molecule has 0 saturated carbocycles. The van der Waals surface area contributed by atoms with Crippen molar-refractivity contribution in [2.75, 3.05) is 29.9 Å². The Hall–Kier alpha value is -3.24. The smallest absolute Gasteiger partial charge is 0.296 e. The Balaban J connectivity index is 1.25. The average Bonchev–Trinajstić information content (AvgIpc) is 3.41. The zero-order valence-electron chi connectivity index (χ0n) is 18.5. The van der Waals surface area contributed by atoms with Gasteiger partial charge in [0.05, 0.1) is 6.93 Å². The maximum atomic E-state index is 13.1. The first kappa shape index (κ1) is 20.4. The maximum Gasteiger partial charge on any atom is 0.296 e. The number of hydrogen-bond acceptors (Lipinski definition) is 8. The Labute approximate surface area is 200 Å². The molecular weight excluding hydrogens is 464 g/mol. The van der Waals surface area contributed by atoms with Gasteiger partial charge in [-0.25, -0.2) is 4.98 Å². The number of nitrogens with zero attached hydrogens (tertiary/aromatic N) is 5. The molecule has 1 atom stereocenters. The van der Waals surface area contributed by atoms with Crippen LogP contribution in [0.1, 0.15) is 30.1 Å². The quantitative estimate of drug-likeness (QED) is 0.572. The predicted octanol–water partition coefficient (Wildman–Crippen LogP) is 3.23. The molecule has 2 aromatic heterocycles. The molecule has 0 radical (unpaired) electrons. The monoisotopic (exact) mass is 485 g/mol. The van der Waals surface area contributed by atoms with Crippen molar-refractivity contribution in [1.29, 1.82) is 0 Å². The summed E-state index contributed by atoms with van der Waals surface area (Å²) in [6.45, 7) is 1.54. The third-order valence-corrected chi connectivity index (χ3v) is 6.51. The molecule has 0 spiro atoms. The van der Waals surface area contributed by atoms with Crippen molar-refractivity contribution in [3.8, 4) is 5.19 Å². The zero-order chi connectivity index (χ0) is 23.7. The third kappa shape index (κ3) is 4.76. The minimum atomic E-state index is -0.990. The van der Waals surface area contributed by atoms with Gasteiger partial charge in [-0.3, -0.25) is 14.9 Å². The molecule has 2 fully saturated rings. The molecule has 11 heteroatoms. The Morgan fingerprint density at radius 3 is 2.97 bits per heavy atom. The second-order valence-corrected chi connectivity index (χ2v) is 9.03. The highest BCUT2D eigenvalue weighted by Gasteiger charge is 2.36. The number of carbonyl (C=O) groups excluding carboxylic acids is 2. The van der Waals surface area contributed by atoms with Crippen molar-refractivity contribution in [3.05, 3.63) is 58.7 Å². The first-order chi connectivity index (χ1) is 16.4. The molecule has 2 saturated heterocycles. The highest BCUT2D eigenvalue weighted by molar-refractivity contribution is 7.17. The number of anilines is 2. The largest absolute Gasteiger partial charge is 0.464 e. The van der Waals surface area contributed by atoms with E-state index in [0.29, 0.717) is 65.8 Å². The van der Waals surface area contributed by atoms with Crippen LogP contribution in [0.4, 0.5) is 10.9 Å². The van der Waals surface area contributed by atoms with Crippen LogP contribution in [-0.4, -0.2) is 57.5 Å². The van der Waals surface area contributed by atoms with E-state index in [1.165, 1.54) is 0 Å². The topological polar surface area (TPSA) is 101 Å². The number of halogens is 1. The Morgan fingerprint density at radius 2 is 2.12 bits per heavy atom. The fourth-order valence-corrected chi connectivity index (χ4v) is 4.60. The molecule has 1 unspecified atom stereocenters. The first-order valence-corrected chi connectivity index (χ1v) is 11.6. The molecule has 1 N–H and O–H groups in total. The maximum absolute atomic E-state index is 13.1. The number of carbonyl (C=O) groups is 2. The summed E-state index contributed by atoms with van der Waals surface area (Å²) in [4.78, 5) is 33.1. The molecule has 2 amide bonds. The molecule has 4 heterocycles. The Kier molecular flexibility index (Phi) is 5.75. The van der Waals surface area contributed by atoms with E-state index >= 15 is 0 Å². The van der Waals surface area contributed by atoms with Gasteiger partial charge in [-0.1, -0.05) is 28.8 Å². The number of fused-ring (bicyclic) bond motifs is 1. The minimum absolute atomic E-state index is 0.0130. The lowest BCUT2D eigenvalue weighted by molar-refractivity contribution is -0.129. The van der Waals surface area contributed by atoms with E-state index < -0.39 is 6.02 Å². The van der Waals surface area contributed by atoms with Gasteiger partial charge in [0.25, 0.3) is 11.1 Å². The van der Waals surface area contributed by atoms with Crippen molar-refractivity contribution < 1.29 is 15.7 Å². The number of ether oxygens (including phenoxy) is 1. The summed E-state index contributed by atoms with van der Waals surface area (Å²) in [7, 11) is 0. The number of amides is 2. The van der Waals surface area contributed by atoms with Crippen LogP contribution in [0.3, 0.4) is 0 Å². The Bertz CT molecular complexity index is 1230. The SMILES string of the molecule is [2H]C12CCC(=O)N1CCN(c1ncccc1C(=O)Nc1nnc(OCc3ccc(Cl)cc3)s1)C2. The summed E-state index contributed by atoms with van der Waals surface area (Å²) in [5.74, 6) is 0.112. The second-order valence-electron chi connectivity index (χ2n) is 7.65. The number of aromatic nitrogens is 3. The summed E-state index contributed by atoms with van der Waals surface area (Å²) in [6, 6.07) is 9.66. The Morgan fingerprint density at radius 1 is 1.27 bits per heavy atom. The predicted molar refractivity (Wildman–Crippen MR) is 125 cm³/mol. The molecule has 2 aliphatic heterocycles. The lowest BCUT2D eigenvalue weighted by Crippen LogP contribution is -2.52. The highest BCUT2D eigenvalue weighted by Crippen LogP contribution is 2.28. The lowest BCUT2D eigenvalue weighted by Gasteiger charge is -2.38. The highest BCUT2D eigenvalue weighted by atomic mass is 35.5. The van der Waals surface area contributed by atoms with Gasteiger partial charge >= 0.3 is 0 Å². The first-order valence-electron chi connectivity index (χ1n) is 10.9. The van der Waals surface area contributed by atoms with Crippen LogP contribution >= 0.6 is 22.9 Å². The molecule has 170 valence electrons. The van der Waals surface area contributed by atoms with E-state index in [2.05, 4.69) is 20.5 Å². The van der Waals surface area contributed by atoms with E-state index in [-0.39, 0.29) is 11.8 Å². The van der Waals surface area contributed by atoms with Crippen molar-refractivity contribution in [1.82, 2.24) is 20.1 Å². The third-order valence-electron chi connectivity index (χ3n) is 5.51. The van der Waals surface area contributed by atoms with Gasteiger partial charge in [0.1, 0.15) is 12.4 Å². The molecule has 3 aromatic rings.